The van der Waals surface area contributed by atoms with Crippen molar-refractivity contribution in [2.24, 2.45) is 0 Å². The molecule has 0 fully saturated rings. The first-order chi connectivity index (χ1) is 9.02. The van der Waals surface area contributed by atoms with Gasteiger partial charge in [0.2, 0.25) is 0 Å². The molecule has 0 bridgehead atoms. The second kappa shape index (κ2) is 5.59. The van der Waals surface area contributed by atoms with E-state index in [4.69, 9.17) is 22.1 Å². The van der Waals surface area contributed by atoms with Crippen molar-refractivity contribution in [2.75, 3.05) is 12.8 Å². The van der Waals surface area contributed by atoms with Crippen LogP contribution in [0.5, 0.6) is 5.75 Å². The van der Waals surface area contributed by atoms with Crippen LogP contribution in [0.15, 0.2) is 34.9 Å². The predicted octanol–water partition coefficient (Wildman–Crippen LogP) is 3.32. The minimum absolute atomic E-state index is 0.154. The van der Waals surface area contributed by atoms with Gasteiger partial charge in [0, 0.05) is 11.8 Å². The number of benzene rings is 1. The first-order valence-electron chi connectivity index (χ1n) is 5.32. The summed E-state index contributed by atoms with van der Waals surface area (Å²) < 4.78 is 5.80. The van der Waals surface area contributed by atoms with Gasteiger partial charge >= 0.3 is 0 Å². The first-order valence-corrected chi connectivity index (χ1v) is 6.49. The highest BCUT2D eigenvalue weighted by molar-refractivity contribution is 9.10. The summed E-state index contributed by atoms with van der Waals surface area (Å²) in [6.45, 7) is 0. The molecule has 0 aliphatic heterocycles. The highest BCUT2D eigenvalue weighted by atomic mass is 79.9. The molecule has 19 heavy (non-hydrogen) atoms. The number of halogens is 2. The number of ketones is 1. The molecule has 4 nitrogen and oxygen atoms in total. The van der Waals surface area contributed by atoms with E-state index in [1.807, 2.05) is 0 Å². The molecule has 2 aromatic rings. The fraction of sp³-hybridized carbons (Fsp3) is 0.0769. The van der Waals surface area contributed by atoms with Crippen molar-refractivity contribution >= 4 is 39.1 Å². The number of nitrogens with two attached hydrogens (primary N) is 1. The van der Waals surface area contributed by atoms with Crippen LogP contribution in [0, 0.1) is 0 Å². The highest BCUT2D eigenvalue weighted by Gasteiger charge is 2.15. The molecule has 2 N–H and O–H groups in total. The van der Waals surface area contributed by atoms with Crippen LogP contribution < -0.4 is 10.5 Å². The van der Waals surface area contributed by atoms with Gasteiger partial charge in [-0.15, -0.1) is 0 Å². The lowest BCUT2D eigenvalue weighted by Crippen LogP contribution is -2.07. The van der Waals surface area contributed by atoms with E-state index in [1.165, 1.54) is 12.3 Å². The van der Waals surface area contributed by atoms with Gasteiger partial charge < -0.3 is 10.5 Å². The van der Waals surface area contributed by atoms with Crippen LogP contribution in [-0.2, 0) is 0 Å². The van der Waals surface area contributed by atoms with Crippen LogP contribution in [-0.4, -0.2) is 17.9 Å². The van der Waals surface area contributed by atoms with Gasteiger partial charge in [-0.25, -0.2) is 4.98 Å². The van der Waals surface area contributed by atoms with Crippen molar-refractivity contribution in [1.82, 2.24) is 4.98 Å². The van der Waals surface area contributed by atoms with Gasteiger partial charge in [-0.1, -0.05) is 11.6 Å². The number of nitrogens with zero attached hydrogens (tertiary/aromatic N) is 1. The fourth-order valence-electron chi connectivity index (χ4n) is 1.59. The summed E-state index contributed by atoms with van der Waals surface area (Å²) in [7, 11) is 1.56. The molecule has 0 radical (unpaired) electrons. The molecule has 0 atom stereocenters. The zero-order valence-corrected chi connectivity index (χ0v) is 12.3. The molecule has 1 heterocycles. The molecule has 1 aromatic carbocycles. The molecule has 0 saturated carbocycles. The maximum atomic E-state index is 12.3. The number of nitrogen functional groups attached to an aromatic ring is 1. The summed E-state index contributed by atoms with van der Waals surface area (Å²) in [5, 5.41) is 0.366. The summed E-state index contributed by atoms with van der Waals surface area (Å²) >= 11 is 9.16. The predicted molar refractivity (Wildman–Crippen MR) is 77.8 cm³/mol. The molecule has 0 amide bonds. The standard InChI is InChI=1S/C13H10BrClN2O2/c1-19-11-3-2-7(4-10(11)14)12(18)9-5-8(15)6-17-13(9)16/h2-6H,1H3,(H2,16,17). The van der Waals surface area contributed by atoms with Crippen molar-refractivity contribution in [3.05, 3.63) is 51.1 Å². The Morgan fingerprint density at radius 1 is 1.42 bits per heavy atom. The van der Waals surface area contributed by atoms with Crippen LogP contribution in [0.1, 0.15) is 15.9 Å². The Bertz CT molecular complexity index is 647. The number of rotatable bonds is 3. The van der Waals surface area contributed by atoms with E-state index >= 15 is 0 Å². The number of carbonyl (C=O) groups is 1. The van der Waals surface area contributed by atoms with E-state index < -0.39 is 0 Å². The Hall–Kier alpha value is -1.59. The van der Waals surface area contributed by atoms with Gasteiger partial charge in [0.05, 0.1) is 22.2 Å². The topological polar surface area (TPSA) is 65.2 Å². The van der Waals surface area contributed by atoms with E-state index in [0.29, 0.717) is 20.8 Å². The van der Waals surface area contributed by atoms with Gasteiger partial charge in [-0.3, -0.25) is 4.79 Å². The van der Waals surface area contributed by atoms with E-state index in [0.717, 1.165) is 0 Å². The smallest absolute Gasteiger partial charge is 0.196 e. The Morgan fingerprint density at radius 3 is 2.79 bits per heavy atom. The fourth-order valence-corrected chi connectivity index (χ4v) is 2.29. The number of anilines is 1. The number of methoxy groups -OCH3 is 1. The SMILES string of the molecule is COc1ccc(C(=O)c2cc(Cl)cnc2N)cc1Br. The summed E-state index contributed by atoms with van der Waals surface area (Å²) in [6.07, 6.45) is 1.40. The monoisotopic (exact) mass is 340 g/mol. The third-order valence-electron chi connectivity index (χ3n) is 2.54. The minimum atomic E-state index is -0.240. The maximum absolute atomic E-state index is 12.3. The number of ether oxygens (including phenoxy) is 1. The first kappa shape index (κ1) is 13.8. The third-order valence-corrected chi connectivity index (χ3v) is 3.37. The number of aromatic nitrogens is 1. The summed E-state index contributed by atoms with van der Waals surface area (Å²) in [4.78, 5) is 16.2. The number of hydrogen-bond acceptors (Lipinski definition) is 4. The maximum Gasteiger partial charge on any atom is 0.196 e. The second-order valence-electron chi connectivity index (χ2n) is 3.76. The Labute approximate surface area is 123 Å². The van der Waals surface area contributed by atoms with Crippen LogP contribution in [0.25, 0.3) is 0 Å². The van der Waals surface area contributed by atoms with Crippen LogP contribution in [0.2, 0.25) is 5.02 Å². The van der Waals surface area contributed by atoms with Crippen molar-refractivity contribution in [2.45, 2.75) is 0 Å². The minimum Gasteiger partial charge on any atom is -0.496 e. The van der Waals surface area contributed by atoms with Crippen molar-refractivity contribution in [3.63, 3.8) is 0 Å². The number of carbonyl (C=O) groups excluding carboxylic acids is 1. The molecular formula is C13H10BrClN2O2. The molecule has 0 saturated heterocycles. The summed E-state index contributed by atoms with van der Waals surface area (Å²) in [6, 6.07) is 6.53. The average molecular weight is 342 g/mol. The summed E-state index contributed by atoms with van der Waals surface area (Å²) in [5.41, 5.74) is 6.45. The second-order valence-corrected chi connectivity index (χ2v) is 5.06. The lowest BCUT2D eigenvalue weighted by atomic mass is 10.0. The van der Waals surface area contributed by atoms with Crippen molar-refractivity contribution < 1.29 is 9.53 Å². The Kier molecular flexibility index (Phi) is 4.07. The van der Waals surface area contributed by atoms with E-state index in [1.54, 1.807) is 25.3 Å². The average Bonchev–Trinajstić information content (AvgIpc) is 2.40. The van der Waals surface area contributed by atoms with E-state index in [2.05, 4.69) is 20.9 Å². The Balaban J connectivity index is 2.44. The van der Waals surface area contributed by atoms with Crippen LogP contribution in [0.4, 0.5) is 5.82 Å². The molecule has 98 valence electrons. The molecule has 1 aromatic heterocycles. The van der Waals surface area contributed by atoms with Crippen LogP contribution >= 0.6 is 27.5 Å². The van der Waals surface area contributed by atoms with Crippen molar-refractivity contribution in [3.8, 4) is 5.75 Å². The molecule has 0 spiro atoms. The van der Waals surface area contributed by atoms with E-state index in [9.17, 15) is 4.79 Å². The highest BCUT2D eigenvalue weighted by Crippen LogP contribution is 2.27. The normalized spacial score (nSPS) is 10.3. The molecule has 0 unspecified atom stereocenters. The Morgan fingerprint density at radius 2 is 2.16 bits per heavy atom. The number of hydrogen-bond donors (Lipinski definition) is 1. The zero-order chi connectivity index (χ0) is 14.0. The van der Waals surface area contributed by atoms with Gasteiger partial charge in [0.25, 0.3) is 0 Å². The molecule has 6 heteroatoms. The lowest BCUT2D eigenvalue weighted by Gasteiger charge is -2.07. The van der Waals surface area contributed by atoms with Crippen molar-refractivity contribution in [1.29, 1.82) is 0 Å². The third kappa shape index (κ3) is 2.88. The van der Waals surface area contributed by atoms with E-state index in [-0.39, 0.29) is 17.2 Å². The lowest BCUT2D eigenvalue weighted by molar-refractivity contribution is 0.103. The quantitative estimate of drug-likeness (QED) is 0.870. The van der Waals surface area contributed by atoms with Gasteiger partial charge in [-0.05, 0) is 40.2 Å². The molecule has 2 rings (SSSR count). The summed E-state index contributed by atoms with van der Waals surface area (Å²) in [5.74, 6) is 0.561. The van der Waals surface area contributed by atoms with Gasteiger partial charge in [0.1, 0.15) is 11.6 Å². The molecule has 0 aliphatic rings. The largest absolute Gasteiger partial charge is 0.496 e. The molecule has 0 aliphatic carbocycles. The van der Waals surface area contributed by atoms with Gasteiger partial charge in [0.15, 0.2) is 5.78 Å². The zero-order valence-electron chi connectivity index (χ0n) is 9.98. The number of pyridine rings is 1. The molecular weight excluding hydrogens is 332 g/mol. The van der Waals surface area contributed by atoms with Gasteiger partial charge in [-0.2, -0.15) is 0 Å². The van der Waals surface area contributed by atoms with Crippen LogP contribution in [0.3, 0.4) is 0 Å².